The summed E-state index contributed by atoms with van der Waals surface area (Å²) in [6.45, 7) is 2.71. The Morgan fingerprint density at radius 3 is 2.41 bits per heavy atom. The van der Waals surface area contributed by atoms with Crippen LogP contribution in [0.25, 0.3) is 0 Å². The van der Waals surface area contributed by atoms with E-state index in [1.54, 1.807) is 0 Å². The predicted molar refractivity (Wildman–Crippen MR) is 92.4 cm³/mol. The monoisotopic (exact) mass is 296 g/mol. The molecule has 0 unspecified atom stereocenters. The molecule has 0 aliphatic heterocycles. The van der Waals surface area contributed by atoms with Gasteiger partial charge in [0.2, 0.25) is 5.91 Å². The van der Waals surface area contributed by atoms with Crippen molar-refractivity contribution in [1.82, 2.24) is 5.32 Å². The van der Waals surface area contributed by atoms with Crippen molar-refractivity contribution < 1.29 is 4.79 Å². The van der Waals surface area contributed by atoms with Crippen LogP contribution in [0.5, 0.6) is 0 Å². The number of rotatable bonds is 6. The van der Waals surface area contributed by atoms with Crippen LogP contribution in [0.4, 0.5) is 5.69 Å². The number of aryl methyl sites for hydroxylation is 1. The van der Waals surface area contributed by atoms with Crippen LogP contribution >= 0.6 is 0 Å². The maximum absolute atomic E-state index is 11.9. The first-order chi connectivity index (χ1) is 10.5. The lowest BCUT2D eigenvalue weighted by molar-refractivity contribution is -0.120. The fraction of sp³-hybridized carbons (Fsp3) is 0.316. The Labute approximate surface area is 133 Å². The first kappa shape index (κ1) is 16.1. The van der Waals surface area contributed by atoms with Crippen molar-refractivity contribution in [2.24, 2.45) is 0 Å². The van der Waals surface area contributed by atoms with Gasteiger partial charge in [0.15, 0.2) is 0 Å². The highest BCUT2D eigenvalue weighted by molar-refractivity contribution is 5.78. The summed E-state index contributed by atoms with van der Waals surface area (Å²) in [6, 6.07) is 16.5. The molecule has 3 nitrogen and oxygen atoms in total. The number of hydrogen-bond acceptors (Lipinski definition) is 2. The zero-order valence-corrected chi connectivity index (χ0v) is 13.6. The van der Waals surface area contributed by atoms with Gasteiger partial charge in [-0.25, -0.2) is 0 Å². The van der Waals surface area contributed by atoms with Gasteiger partial charge in [0, 0.05) is 26.3 Å². The number of benzene rings is 2. The van der Waals surface area contributed by atoms with Crippen LogP contribution in [0.15, 0.2) is 48.5 Å². The van der Waals surface area contributed by atoms with Crippen LogP contribution in [-0.2, 0) is 17.6 Å². The zero-order chi connectivity index (χ0) is 15.9. The summed E-state index contributed by atoms with van der Waals surface area (Å²) in [6.07, 6.45) is 1.30. The van der Waals surface area contributed by atoms with Gasteiger partial charge < -0.3 is 10.2 Å². The Balaban J connectivity index is 1.77. The van der Waals surface area contributed by atoms with E-state index >= 15 is 0 Å². The lowest BCUT2D eigenvalue weighted by Crippen LogP contribution is -2.27. The number of nitrogens with one attached hydrogen (secondary N) is 1. The summed E-state index contributed by atoms with van der Waals surface area (Å²) in [4.78, 5) is 14.0. The van der Waals surface area contributed by atoms with E-state index in [4.69, 9.17) is 0 Å². The smallest absolute Gasteiger partial charge is 0.224 e. The van der Waals surface area contributed by atoms with E-state index < -0.39 is 0 Å². The summed E-state index contributed by atoms with van der Waals surface area (Å²) >= 11 is 0. The first-order valence-corrected chi connectivity index (χ1v) is 7.63. The van der Waals surface area contributed by atoms with Crippen LogP contribution in [0.3, 0.4) is 0 Å². The second-order valence-electron chi connectivity index (χ2n) is 5.83. The Bertz CT molecular complexity index is 618. The second-order valence-corrected chi connectivity index (χ2v) is 5.83. The Hall–Kier alpha value is -2.29. The highest BCUT2D eigenvalue weighted by Gasteiger charge is 2.03. The minimum Gasteiger partial charge on any atom is -0.378 e. The molecule has 0 fully saturated rings. The van der Waals surface area contributed by atoms with Crippen LogP contribution in [0.2, 0.25) is 0 Å². The van der Waals surface area contributed by atoms with Gasteiger partial charge in [-0.2, -0.15) is 0 Å². The van der Waals surface area contributed by atoms with Gasteiger partial charge in [0.05, 0.1) is 6.42 Å². The number of amides is 1. The third-order valence-electron chi connectivity index (χ3n) is 3.64. The minimum atomic E-state index is 0.0792. The van der Waals surface area contributed by atoms with Gasteiger partial charge >= 0.3 is 0 Å². The minimum absolute atomic E-state index is 0.0792. The average molecular weight is 296 g/mol. The molecule has 22 heavy (non-hydrogen) atoms. The van der Waals surface area contributed by atoms with E-state index in [2.05, 4.69) is 40.5 Å². The van der Waals surface area contributed by atoms with Gasteiger partial charge in [-0.1, -0.05) is 42.0 Å². The topological polar surface area (TPSA) is 32.3 Å². The lowest BCUT2D eigenvalue weighted by Gasteiger charge is -2.12. The molecule has 0 spiro atoms. The Morgan fingerprint density at radius 2 is 1.77 bits per heavy atom. The predicted octanol–water partition coefficient (Wildman–Crippen LogP) is 2.96. The van der Waals surface area contributed by atoms with E-state index in [9.17, 15) is 4.79 Å². The zero-order valence-electron chi connectivity index (χ0n) is 13.6. The van der Waals surface area contributed by atoms with Crippen molar-refractivity contribution in [3.05, 3.63) is 65.2 Å². The largest absolute Gasteiger partial charge is 0.378 e. The van der Waals surface area contributed by atoms with Crippen molar-refractivity contribution in [1.29, 1.82) is 0 Å². The molecular weight excluding hydrogens is 272 g/mol. The molecule has 0 aliphatic rings. The summed E-state index contributed by atoms with van der Waals surface area (Å²) in [7, 11) is 4.06. The number of nitrogens with zero attached hydrogens (tertiary/aromatic N) is 1. The van der Waals surface area contributed by atoms with E-state index in [-0.39, 0.29) is 5.91 Å². The molecule has 2 aromatic carbocycles. The molecule has 2 rings (SSSR count). The van der Waals surface area contributed by atoms with Crippen molar-refractivity contribution in [3.63, 3.8) is 0 Å². The highest BCUT2D eigenvalue weighted by atomic mass is 16.1. The molecular formula is C19H24N2O. The van der Waals surface area contributed by atoms with Crippen molar-refractivity contribution in [2.45, 2.75) is 19.8 Å². The molecule has 0 aliphatic carbocycles. The molecule has 2 aromatic rings. The van der Waals surface area contributed by atoms with Crippen molar-refractivity contribution >= 4 is 11.6 Å². The SMILES string of the molecule is Cc1cccc(CC(=O)NCCc2ccc(N(C)C)cc2)c1. The molecule has 0 atom stereocenters. The van der Waals surface area contributed by atoms with Crippen LogP contribution in [0.1, 0.15) is 16.7 Å². The third kappa shape index (κ3) is 4.92. The van der Waals surface area contributed by atoms with Gasteiger partial charge in [0.1, 0.15) is 0 Å². The fourth-order valence-electron chi connectivity index (χ4n) is 2.38. The summed E-state index contributed by atoms with van der Waals surface area (Å²) < 4.78 is 0. The molecule has 0 heterocycles. The quantitative estimate of drug-likeness (QED) is 0.889. The van der Waals surface area contributed by atoms with E-state index in [1.807, 2.05) is 39.2 Å². The average Bonchev–Trinajstić information content (AvgIpc) is 2.47. The van der Waals surface area contributed by atoms with Gasteiger partial charge in [0.25, 0.3) is 0 Å². The molecule has 0 saturated heterocycles. The fourth-order valence-corrected chi connectivity index (χ4v) is 2.38. The Morgan fingerprint density at radius 1 is 1.05 bits per heavy atom. The normalized spacial score (nSPS) is 10.3. The summed E-state index contributed by atoms with van der Waals surface area (Å²) in [5, 5.41) is 2.99. The molecule has 116 valence electrons. The maximum Gasteiger partial charge on any atom is 0.224 e. The standard InChI is InChI=1S/C19H24N2O/c1-15-5-4-6-17(13-15)14-19(22)20-12-11-16-7-9-18(10-8-16)21(2)3/h4-10,13H,11-12,14H2,1-3H3,(H,20,22). The van der Waals surface area contributed by atoms with Crippen LogP contribution in [-0.4, -0.2) is 26.5 Å². The molecule has 0 aromatic heterocycles. The molecule has 3 heteroatoms. The van der Waals surface area contributed by atoms with E-state index in [0.29, 0.717) is 13.0 Å². The summed E-state index contributed by atoms with van der Waals surface area (Å²) in [5.74, 6) is 0.0792. The Kier molecular flexibility index (Phi) is 5.59. The molecule has 0 radical (unpaired) electrons. The van der Waals surface area contributed by atoms with Gasteiger partial charge in [-0.05, 0) is 36.6 Å². The third-order valence-corrected chi connectivity index (χ3v) is 3.64. The summed E-state index contributed by atoms with van der Waals surface area (Å²) in [5.41, 5.74) is 4.67. The molecule has 1 amide bonds. The van der Waals surface area contributed by atoms with Crippen molar-refractivity contribution in [3.8, 4) is 0 Å². The van der Waals surface area contributed by atoms with Crippen LogP contribution in [0, 0.1) is 6.92 Å². The first-order valence-electron chi connectivity index (χ1n) is 7.63. The lowest BCUT2D eigenvalue weighted by atomic mass is 10.1. The van der Waals surface area contributed by atoms with Gasteiger partial charge in [-0.15, -0.1) is 0 Å². The molecule has 0 bridgehead atoms. The number of carbonyl (C=O) groups is 1. The van der Waals surface area contributed by atoms with E-state index in [1.165, 1.54) is 16.8 Å². The van der Waals surface area contributed by atoms with Gasteiger partial charge in [-0.3, -0.25) is 4.79 Å². The van der Waals surface area contributed by atoms with E-state index in [0.717, 1.165) is 12.0 Å². The number of carbonyl (C=O) groups excluding carboxylic acids is 1. The van der Waals surface area contributed by atoms with Crippen LogP contribution < -0.4 is 10.2 Å². The van der Waals surface area contributed by atoms with Crippen molar-refractivity contribution in [2.75, 3.05) is 25.5 Å². The molecule has 0 saturated carbocycles. The molecule has 1 N–H and O–H groups in total. The number of anilines is 1. The second kappa shape index (κ2) is 7.64. The highest BCUT2D eigenvalue weighted by Crippen LogP contribution is 2.12. The maximum atomic E-state index is 11.9. The number of hydrogen-bond donors (Lipinski definition) is 1.